The van der Waals surface area contributed by atoms with Gasteiger partial charge in [-0.25, -0.2) is 0 Å². The molecular weight excluding hydrogens is 352 g/mol. The SMILES string of the molecule is C#Cc1cc(CO)c(O[Si](C)(C)CCC2CCC3CC2C3(C)C)c(CO)c1. The normalized spacial score (nSPS) is 26.2. The Balaban J connectivity index is 1.70. The van der Waals surface area contributed by atoms with Crippen LogP contribution >= 0.6 is 0 Å². The van der Waals surface area contributed by atoms with Gasteiger partial charge in [-0.1, -0.05) is 19.8 Å². The van der Waals surface area contributed by atoms with Gasteiger partial charge in [-0.15, -0.1) is 6.42 Å². The highest BCUT2D eigenvalue weighted by molar-refractivity contribution is 6.71. The van der Waals surface area contributed by atoms with E-state index in [1.807, 2.05) is 0 Å². The van der Waals surface area contributed by atoms with E-state index < -0.39 is 8.32 Å². The number of benzene rings is 1. The lowest BCUT2D eigenvalue weighted by molar-refractivity contribution is -0.105. The molecule has 0 saturated heterocycles. The van der Waals surface area contributed by atoms with Crippen LogP contribution in [0, 0.1) is 35.5 Å². The van der Waals surface area contributed by atoms with Crippen LogP contribution in [0.5, 0.6) is 5.75 Å². The van der Waals surface area contributed by atoms with Crippen LogP contribution < -0.4 is 4.43 Å². The number of fused-ring (bicyclic) bond motifs is 2. The van der Waals surface area contributed by atoms with Crippen molar-refractivity contribution in [3.63, 3.8) is 0 Å². The van der Waals surface area contributed by atoms with E-state index in [-0.39, 0.29) is 13.2 Å². The zero-order chi connectivity index (χ0) is 19.8. The largest absolute Gasteiger partial charge is 0.544 e. The fourth-order valence-corrected chi connectivity index (χ4v) is 7.35. The Morgan fingerprint density at radius 1 is 1.19 bits per heavy atom. The van der Waals surface area contributed by atoms with Crippen molar-refractivity contribution in [2.45, 2.75) is 71.9 Å². The molecule has 0 aliphatic heterocycles. The van der Waals surface area contributed by atoms with Gasteiger partial charge >= 0.3 is 0 Å². The standard InChI is InChI=1S/C23H34O3Si/c1-6-16-11-18(14-24)22(19(12-16)15-25)26-27(4,5)10-9-17-7-8-20-13-21(17)23(20,2)3/h1,11-12,17,20-21,24-25H,7-10,13-15H2,2-5H3. The van der Waals surface area contributed by atoms with E-state index in [4.69, 9.17) is 10.8 Å². The molecule has 27 heavy (non-hydrogen) atoms. The Labute approximate surface area is 165 Å². The van der Waals surface area contributed by atoms with E-state index in [1.54, 1.807) is 12.1 Å². The van der Waals surface area contributed by atoms with Crippen LogP contribution in [0.2, 0.25) is 19.1 Å². The van der Waals surface area contributed by atoms with Gasteiger partial charge in [0.2, 0.25) is 8.32 Å². The highest BCUT2D eigenvalue weighted by atomic mass is 28.4. The van der Waals surface area contributed by atoms with Gasteiger partial charge in [0.05, 0.1) is 13.2 Å². The molecule has 4 rings (SSSR count). The first-order valence-corrected chi connectivity index (χ1v) is 13.4. The van der Waals surface area contributed by atoms with Crippen molar-refractivity contribution in [1.82, 2.24) is 0 Å². The minimum atomic E-state index is -1.98. The maximum atomic E-state index is 9.77. The van der Waals surface area contributed by atoms with Gasteiger partial charge < -0.3 is 14.6 Å². The minimum Gasteiger partial charge on any atom is -0.544 e. The van der Waals surface area contributed by atoms with E-state index >= 15 is 0 Å². The van der Waals surface area contributed by atoms with Crippen LogP contribution in [0.1, 0.15) is 56.2 Å². The summed E-state index contributed by atoms with van der Waals surface area (Å²) in [6.45, 7) is 9.10. The number of terminal acetylenes is 1. The molecule has 3 aliphatic carbocycles. The molecule has 3 aliphatic rings. The first-order chi connectivity index (χ1) is 12.7. The van der Waals surface area contributed by atoms with Gasteiger partial charge in [0.1, 0.15) is 5.75 Å². The maximum absolute atomic E-state index is 9.77. The quantitative estimate of drug-likeness (QED) is 0.527. The summed E-state index contributed by atoms with van der Waals surface area (Å²) in [5.74, 6) is 5.86. The summed E-state index contributed by atoms with van der Waals surface area (Å²) in [5, 5.41) is 19.5. The van der Waals surface area contributed by atoms with Crippen LogP contribution in [0.4, 0.5) is 0 Å². The van der Waals surface area contributed by atoms with E-state index in [0.29, 0.717) is 27.9 Å². The van der Waals surface area contributed by atoms with Crippen molar-refractivity contribution >= 4 is 8.32 Å². The van der Waals surface area contributed by atoms with Crippen LogP contribution in [0.3, 0.4) is 0 Å². The van der Waals surface area contributed by atoms with Crippen molar-refractivity contribution in [3.05, 3.63) is 28.8 Å². The summed E-state index contributed by atoms with van der Waals surface area (Å²) in [7, 11) is -1.98. The molecule has 3 unspecified atom stereocenters. The summed E-state index contributed by atoms with van der Waals surface area (Å²) in [4.78, 5) is 0. The van der Waals surface area contributed by atoms with Gasteiger partial charge in [0.15, 0.2) is 0 Å². The number of aliphatic hydroxyl groups excluding tert-OH is 2. The second-order valence-electron chi connectivity index (χ2n) is 9.68. The molecule has 4 heteroatoms. The average molecular weight is 387 g/mol. The Morgan fingerprint density at radius 3 is 2.30 bits per heavy atom. The second kappa shape index (κ2) is 7.62. The van der Waals surface area contributed by atoms with Gasteiger partial charge in [-0.3, -0.25) is 0 Å². The van der Waals surface area contributed by atoms with Crippen molar-refractivity contribution in [1.29, 1.82) is 0 Å². The number of aliphatic hydroxyl groups is 2. The average Bonchev–Trinajstić information content (AvgIpc) is 2.66. The van der Waals surface area contributed by atoms with Crippen molar-refractivity contribution in [2.75, 3.05) is 0 Å². The third-order valence-corrected chi connectivity index (χ3v) is 9.50. The molecular formula is C23H34O3Si. The van der Waals surface area contributed by atoms with Crippen molar-refractivity contribution in [3.8, 4) is 18.1 Å². The number of rotatable bonds is 7. The van der Waals surface area contributed by atoms with Gasteiger partial charge in [0.25, 0.3) is 0 Å². The summed E-state index contributed by atoms with van der Waals surface area (Å²) >= 11 is 0. The predicted molar refractivity (Wildman–Crippen MR) is 112 cm³/mol. The lowest BCUT2D eigenvalue weighted by atomic mass is 9.45. The first kappa shape index (κ1) is 20.5. The molecule has 1 aromatic rings. The van der Waals surface area contributed by atoms with Gasteiger partial charge in [-0.2, -0.15) is 0 Å². The molecule has 0 heterocycles. The van der Waals surface area contributed by atoms with Crippen LogP contribution in [-0.2, 0) is 13.2 Å². The topological polar surface area (TPSA) is 49.7 Å². The Hall–Kier alpha value is -1.28. The molecule has 2 bridgehead atoms. The second-order valence-corrected chi connectivity index (χ2v) is 13.9. The molecule has 0 aromatic heterocycles. The smallest absolute Gasteiger partial charge is 0.245 e. The fourth-order valence-electron chi connectivity index (χ4n) is 5.37. The molecule has 3 saturated carbocycles. The zero-order valence-electron chi connectivity index (χ0n) is 17.2. The van der Waals surface area contributed by atoms with E-state index in [1.165, 1.54) is 25.7 Å². The number of hydrogen-bond donors (Lipinski definition) is 2. The Bertz CT molecular complexity index is 705. The molecule has 0 radical (unpaired) electrons. The van der Waals surface area contributed by atoms with Crippen LogP contribution in [-0.4, -0.2) is 18.5 Å². The highest BCUT2D eigenvalue weighted by Crippen LogP contribution is 2.62. The van der Waals surface area contributed by atoms with Gasteiger partial charge in [-0.05, 0) is 80.1 Å². The molecule has 0 spiro atoms. The van der Waals surface area contributed by atoms with E-state index in [9.17, 15) is 10.2 Å². The third kappa shape index (κ3) is 3.97. The first-order valence-electron chi connectivity index (χ1n) is 10.2. The summed E-state index contributed by atoms with van der Waals surface area (Å²) in [6.07, 6.45) is 10.9. The Kier molecular flexibility index (Phi) is 5.77. The van der Waals surface area contributed by atoms with Crippen LogP contribution in [0.25, 0.3) is 0 Å². The third-order valence-electron chi connectivity index (χ3n) is 7.25. The molecule has 3 fully saturated rings. The molecule has 2 N–H and O–H groups in total. The van der Waals surface area contributed by atoms with Crippen molar-refractivity contribution < 1.29 is 14.6 Å². The molecule has 0 amide bonds. The zero-order valence-corrected chi connectivity index (χ0v) is 18.2. The summed E-state index contributed by atoms with van der Waals surface area (Å²) < 4.78 is 6.49. The number of hydrogen-bond acceptors (Lipinski definition) is 3. The Morgan fingerprint density at radius 2 is 1.81 bits per heavy atom. The van der Waals surface area contributed by atoms with Crippen LogP contribution in [0.15, 0.2) is 12.1 Å². The molecule has 3 nitrogen and oxygen atoms in total. The summed E-state index contributed by atoms with van der Waals surface area (Å²) in [5.41, 5.74) is 2.54. The molecule has 3 atom stereocenters. The van der Waals surface area contributed by atoms with E-state index in [2.05, 4.69) is 32.9 Å². The fraction of sp³-hybridized carbons (Fsp3) is 0.652. The maximum Gasteiger partial charge on any atom is 0.245 e. The molecule has 148 valence electrons. The summed E-state index contributed by atoms with van der Waals surface area (Å²) in [6, 6.07) is 4.68. The minimum absolute atomic E-state index is 0.136. The molecule has 1 aromatic carbocycles. The van der Waals surface area contributed by atoms with Crippen molar-refractivity contribution in [2.24, 2.45) is 23.2 Å². The van der Waals surface area contributed by atoms with E-state index in [0.717, 1.165) is 23.8 Å². The highest BCUT2D eigenvalue weighted by Gasteiger charge is 2.54. The monoisotopic (exact) mass is 386 g/mol. The lowest BCUT2D eigenvalue weighted by Crippen LogP contribution is -2.52. The lowest BCUT2D eigenvalue weighted by Gasteiger charge is -2.60. The van der Waals surface area contributed by atoms with Gasteiger partial charge in [0, 0.05) is 16.7 Å². The predicted octanol–water partition coefficient (Wildman–Crippen LogP) is 4.70.